The Bertz CT molecular complexity index is 688. The fourth-order valence-electron chi connectivity index (χ4n) is 1.99. The molecule has 134 valence electrons. The third kappa shape index (κ3) is 6.38. The van der Waals surface area contributed by atoms with Crippen LogP contribution >= 0.6 is 0 Å². The second kappa shape index (κ2) is 13.7. The van der Waals surface area contributed by atoms with Crippen LogP contribution in [0.5, 0.6) is 0 Å². The van der Waals surface area contributed by atoms with Gasteiger partial charge in [0.2, 0.25) is 0 Å². The molecule has 25 heavy (non-hydrogen) atoms. The Morgan fingerprint density at radius 2 is 1.24 bits per heavy atom. The summed E-state index contributed by atoms with van der Waals surface area (Å²) in [6.45, 7) is 12.0. The predicted octanol–water partition coefficient (Wildman–Crippen LogP) is 6.32. The van der Waals surface area contributed by atoms with Crippen molar-refractivity contribution in [2.75, 3.05) is 0 Å². The minimum absolute atomic E-state index is 0.0723. The van der Waals surface area contributed by atoms with Gasteiger partial charge in [-0.05, 0) is 12.1 Å². The van der Waals surface area contributed by atoms with Crippen LogP contribution in [0.25, 0.3) is 11.4 Å². The second-order valence-corrected chi connectivity index (χ2v) is 4.16. The van der Waals surface area contributed by atoms with Gasteiger partial charge in [0.25, 0.3) is 5.91 Å². The van der Waals surface area contributed by atoms with Crippen molar-refractivity contribution in [3.63, 3.8) is 0 Å². The van der Waals surface area contributed by atoms with E-state index in [-0.39, 0.29) is 5.91 Å². The molecule has 0 saturated carbocycles. The highest BCUT2D eigenvalue weighted by Gasteiger charge is 2.13. The van der Waals surface area contributed by atoms with Crippen molar-refractivity contribution in [1.29, 1.82) is 0 Å². The maximum absolute atomic E-state index is 12.4. The zero-order chi connectivity index (χ0) is 19.1. The van der Waals surface area contributed by atoms with Crippen LogP contribution in [0.3, 0.4) is 0 Å². The van der Waals surface area contributed by atoms with Gasteiger partial charge in [-0.3, -0.25) is 9.36 Å². The summed E-state index contributed by atoms with van der Waals surface area (Å²) in [5.74, 6) is 0.589. The van der Waals surface area contributed by atoms with Gasteiger partial charge >= 0.3 is 0 Å². The van der Waals surface area contributed by atoms with Gasteiger partial charge in [0.1, 0.15) is 5.82 Å². The topological polar surface area (TPSA) is 34.9 Å². The van der Waals surface area contributed by atoms with Crippen LogP contribution in [0.4, 0.5) is 0 Å². The highest BCUT2D eigenvalue weighted by atomic mass is 16.2. The Morgan fingerprint density at radius 3 is 1.76 bits per heavy atom. The van der Waals surface area contributed by atoms with Crippen LogP contribution in [0.1, 0.15) is 51.9 Å². The number of imidazole rings is 1. The summed E-state index contributed by atoms with van der Waals surface area (Å²) in [6.07, 6.45) is 3.33. The number of hydrogen-bond acceptors (Lipinski definition) is 2. The van der Waals surface area contributed by atoms with Gasteiger partial charge in [-0.15, -0.1) is 0 Å². The molecule has 0 fully saturated rings. The molecule has 3 heteroatoms. The van der Waals surface area contributed by atoms with Crippen molar-refractivity contribution < 1.29 is 4.79 Å². The molecule has 0 saturated heterocycles. The molecule has 0 amide bonds. The summed E-state index contributed by atoms with van der Waals surface area (Å²) in [7, 11) is 0. The first kappa shape index (κ1) is 22.3. The SMILES string of the molecule is CC.CC.CC.O=C(c1ccccc1)n1ccnc1-c1ccccc1. The van der Waals surface area contributed by atoms with Gasteiger partial charge in [0.15, 0.2) is 0 Å². The summed E-state index contributed by atoms with van der Waals surface area (Å²) < 4.78 is 1.57. The van der Waals surface area contributed by atoms with Gasteiger partial charge in [0, 0.05) is 23.5 Å². The van der Waals surface area contributed by atoms with Crippen molar-refractivity contribution in [3.8, 4) is 11.4 Å². The molecule has 2 aromatic carbocycles. The molecule has 0 bridgehead atoms. The van der Waals surface area contributed by atoms with E-state index >= 15 is 0 Å². The highest BCUT2D eigenvalue weighted by Crippen LogP contribution is 2.18. The Labute approximate surface area is 152 Å². The lowest BCUT2D eigenvalue weighted by molar-refractivity contribution is 0.0961. The van der Waals surface area contributed by atoms with Crippen molar-refractivity contribution in [1.82, 2.24) is 9.55 Å². The lowest BCUT2D eigenvalue weighted by atomic mass is 10.2. The second-order valence-electron chi connectivity index (χ2n) is 4.16. The molecule has 1 aromatic heterocycles. The first-order chi connectivity index (χ1) is 12.4. The molecule has 3 aromatic rings. The molecule has 3 nitrogen and oxygen atoms in total. The average Bonchev–Trinajstić information content (AvgIpc) is 3.23. The van der Waals surface area contributed by atoms with Crippen LogP contribution in [0.15, 0.2) is 73.1 Å². The van der Waals surface area contributed by atoms with Gasteiger partial charge in [-0.1, -0.05) is 90.1 Å². The molecule has 0 N–H and O–H groups in total. The first-order valence-electron chi connectivity index (χ1n) is 9.05. The maximum Gasteiger partial charge on any atom is 0.263 e. The molecule has 0 aliphatic heterocycles. The largest absolute Gasteiger partial charge is 0.268 e. The van der Waals surface area contributed by atoms with Crippen molar-refractivity contribution >= 4 is 5.91 Å². The molecular weight excluding hydrogens is 308 g/mol. The number of hydrogen-bond donors (Lipinski definition) is 0. The van der Waals surface area contributed by atoms with Crippen LogP contribution < -0.4 is 0 Å². The van der Waals surface area contributed by atoms with Crippen LogP contribution in [-0.2, 0) is 0 Å². The normalized spacial score (nSPS) is 8.56. The molecule has 0 aliphatic rings. The molecule has 0 spiro atoms. The van der Waals surface area contributed by atoms with Gasteiger partial charge in [-0.2, -0.15) is 0 Å². The Balaban J connectivity index is 0.000000871. The number of carbonyl (C=O) groups is 1. The van der Waals surface area contributed by atoms with Crippen LogP contribution in [-0.4, -0.2) is 15.5 Å². The Kier molecular flexibility index (Phi) is 12.3. The summed E-state index contributed by atoms with van der Waals surface area (Å²) in [4.78, 5) is 16.7. The van der Waals surface area contributed by atoms with Crippen molar-refractivity contribution in [2.24, 2.45) is 0 Å². The van der Waals surface area contributed by atoms with E-state index in [1.807, 2.05) is 90.1 Å². The summed E-state index contributed by atoms with van der Waals surface area (Å²) in [6, 6.07) is 18.9. The van der Waals surface area contributed by atoms with Crippen LogP contribution in [0.2, 0.25) is 0 Å². The maximum atomic E-state index is 12.4. The number of benzene rings is 2. The van der Waals surface area contributed by atoms with E-state index < -0.39 is 0 Å². The quantitative estimate of drug-likeness (QED) is 0.548. The third-order valence-electron chi connectivity index (χ3n) is 2.91. The first-order valence-corrected chi connectivity index (χ1v) is 9.05. The van der Waals surface area contributed by atoms with Crippen LogP contribution in [0, 0.1) is 0 Å². The van der Waals surface area contributed by atoms with E-state index in [0.717, 1.165) is 5.56 Å². The Hall–Kier alpha value is -2.68. The smallest absolute Gasteiger partial charge is 0.263 e. The van der Waals surface area contributed by atoms with E-state index in [9.17, 15) is 4.79 Å². The molecule has 0 radical (unpaired) electrons. The molecule has 0 aliphatic carbocycles. The van der Waals surface area contributed by atoms with E-state index in [4.69, 9.17) is 0 Å². The van der Waals surface area contributed by atoms with Gasteiger partial charge in [0.05, 0.1) is 0 Å². The highest BCUT2D eigenvalue weighted by molar-refractivity contribution is 5.97. The molecule has 3 rings (SSSR count). The average molecular weight is 338 g/mol. The third-order valence-corrected chi connectivity index (χ3v) is 2.91. The number of carbonyl (C=O) groups excluding carboxylic acids is 1. The van der Waals surface area contributed by atoms with Crippen molar-refractivity contribution in [3.05, 3.63) is 78.6 Å². The summed E-state index contributed by atoms with van der Waals surface area (Å²) in [5, 5.41) is 0. The number of aromatic nitrogens is 2. The minimum Gasteiger partial charge on any atom is -0.268 e. The predicted molar refractivity (Wildman–Crippen MR) is 108 cm³/mol. The lowest BCUT2D eigenvalue weighted by Gasteiger charge is -2.06. The fourth-order valence-corrected chi connectivity index (χ4v) is 1.99. The van der Waals surface area contributed by atoms with Crippen molar-refractivity contribution in [2.45, 2.75) is 41.5 Å². The van der Waals surface area contributed by atoms with E-state index in [2.05, 4.69) is 4.98 Å². The zero-order valence-electron chi connectivity index (χ0n) is 16.2. The summed E-state index contributed by atoms with van der Waals surface area (Å²) in [5.41, 5.74) is 1.58. The van der Waals surface area contributed by atoms with E-state index in [0.29, 0.717) is 11.4 Å². The standard InChI is InChI=1S/C16H12N2O.3C2H6/c19-16(14-9-5-2-6-10-14)18-12-11-17-15(18)13-7-3-1-4-8-13;3*1-2/h1-12H;3*1-2H3. The molecule has 1 heterocycles. The monoisotopic (exact) mass is 338 g/mol. The molecular formula is C22H30N2O. The van der Waals surface area contributed by atoms with Gasteiger partial charge in [-0.25, -0.2) is 4.98 Å². The zero-order valence-corrected chi connectivity index (χ0v) is 16.2. The summed E-state index contributed by atoms with van der Waals surface area (Å²) >= 11 is 0. The lowest BCUT2D eigenvalue weighted by Crippen LogP contribution is -2.12. The van der Waals surface area contributed by atoms with E-state index in [1.54, 1.807) is 29.1 Å². The van der Waals surface area contributed by atoms with E-state index in [1.165, 1.54) is 0 Å². The van der Waals surface area contributed by atoms with Gasteiger partial charge < -0.3 is 0 Å². The fraction of sp³-hybridized carbons (Fsp3) is 0.273. The Morgan fingerprint density at radius 1 is 0.760 bits per heavy atom. The molecule has 0 unspecified atom stereocenters. The molecule has 0 atom stereocenters. The number of rotatable bonds is 2. The number of nitrogens with zero attached hydrogens (tertiary/aromatic N) is 2. The minimum atomic E-state index is -0.0723.